The van der Waals surface area contributed by atoms with E-state index in [1.807, 2.05) is 24.3 Å². The van der Waals surface area contributed by atoms with Crippen LogP contribution in [0.15, 0.2) is 28.7 Å². The summed E-state index contributed by atoms with van der Waals surface area (Å²) in [5, 5.41) is 13.6. The van der Waals surface area contributed by atoms with Crippen LogP contribution in [-0.2, 0) is 4.79 Å². The minimum Gasteiger partial charge on any atom is -0.492 e. The number of aliphatic carboxylic acids is 1. The van der Waals surface area contributed by atoms with Crippen molar-refractivity contribution in [3.05, 3.63) is 28.7 Å². The lowest BCUT2D eigenvalue weighted by molar-refractivity contribution is -0.137. The number of urea groups is 1. The van der Waals surface area contributed by atoms with Gasteiger partial charge in [0.1, 0.15) is 12.4 Å². The lowest BCUT2D eigenvalue weighted by Gasteiger charge is -2.09. The van der Waals surface area contributed by atoms with Gasteiger partial charge in [0.05, 0.1) is 6.54 Å². The summed E-state index contributed by atoms with van der Waals surface area (Å²) in [4.78, 5) is 21.6. The number of carbonyl (C=O) groups is 2. The molecule has 0 radical (unpaired) electrons. The van der Waals surface area contributed by atoms with E-state index in [1.165, 1.54) is 0 Å². The van der Waals surface area contributed by atoms with Crippen molar-refractivity contribution in [3.8, 4) is 5.75 Å². The van der Waals surface area contributed by atoms with Crippen LogP contribution in [0.5, 0.6) is 5.75 Å². The Morgan fingerprint density at radius 2 is 2.00 bits per heavy atom. The minimum atomic E-state index is -0.866. The van der Waals surface area contributed by atoms with E-state index in [1.54, 1.807) is 0 Å². The third kappa shape index (κ3) is 7.63. The third-order valence-corrected chi connectivity index (χ3v) is 2.80. The standard InChI is InChI=1S/C13H17BrN2O4/c14-10-3-1-4-11(9-10)20-8-7-16-13(19)15-6-2-5-12(17)18/h1,3-4,9H,2,5-8H2,(H,17,18)(H2,15,16,19). The summed E-state index contributed by atoms with van der Waals surface area (Å²) in [6.45, 7) is 1.07. The predicted molar refractivity (Wildman–Crippen MR) is 77.9 cm³/mol. The molecule has 1 rings (SSSR count). The molecule has 110 valence electrons. The smallest absolute Gasteiger partial charge is 0.314 e. The fourth-order valence-electron chi connectivity index (χ4n) is 1.39. The first-order valence-electron chi connectivity index (χ1n) is 6.20. The van der Waals surface area contributed by atoms with Crippen molar-refractivity contribution < 1.29 is 19.4 Å². The first kappa shape index (κ1) is 16.3. The maximum atomic E-state index is 11.3. The highest BCUT2D eigenvalue weighted by molar-refractivity contribution is 9.10. The molecule has 0 atom stereocenters. The molecule has 0 aliphatic carbocycles. The molecule has 0 saturated heterocycles. The van der Waals surface area contributed by atoms with Crippen molar-refractivity contribution in [3.63, 3.8) is 0 Å². The number of halogens is 1. The van der Waals surface area contributed by atoms with Gasteiger partial charge in [-0.15, -0.1) is 0 Å². The number of rotatable bonds is 8. The number of carbonyl (C=O) groups excluding carboxylic acids is 1. The van der Waals surface area contributed by atoms with E-state index in [2.05, 4.69) is 26.6 Å². The molecule has 6 nitrogen and oxygen atoms in total. The SMILES string of the molecule is O=C(O)CCCNC(=O)NCCOc1cccc(Br)c1. The molecular formula is C13H17BrN2O4. The van der Waals surface area contributed by atoms with E-state index in [4.69, 9.17) is 9.84 Å². The molecule has 3 N–H and O–H groups in total. The third-order valence-electron chi connectivity index (χ3n) is 2.31. The van der Waals surface area contributed by atoms with Crippen LogP contribution in [0, 0.1) is 0 Å². The van der Waals surface area contributed by atoms with Crippen LogP contribution < -0.4 is 15.4 Å². The molecule has 0 saturated carbocycles. The summed E-state index contributed by atoms with van der Waals surface area (Å²) in [6.07, 6.45) is 0.462. The molecule has 7 heteroatoms. The van der Waals surface area contributed by atoms with E-state index < -0.39 is 5.97 Å². The van der Waals surface area contributed by atoms with E-state index in [9.17, 15) is 9.59 Å². The predicted octanol–water partition coefficient (Wildman–Crippen LogP) is 1.99. The minimum absolute atomic E-state index is 0.0479. The summed E-state index contributed by atoms with van der Waals surface area (Å²) in [7, 11) is 0. The Balaban J connectivity index is 2.06. The second-order valence-electron chi connectivity index (χ2n) is 3.99. The number of ether oxygens (including phenoxy) is 1. The van der Waals surface area contributed by atoms with Crippen molar-refractivity contribution in [1.82, 2.24) is 10.6 Å². The summed E-state index contributed by atoms with van der Waals surface area (Å²) in [5.74, 6) is -0.141. The number of hydrogen-bond acceptors (Lipinski definition) is 3. The van der Waals surface area contributed by atoms with Crippen molar-refractivity contribution in [2.75, 3.05) is 19.7 Å². The molecule has 0 aromatic heterocycles. The van der Waals surface area contributed by atoms with E-state index in [0.29, 0.717) is 26.1 Å². The van der Waals surface area contributed by atoms with Crippen LogP contribution in [0.4, 0.5) is 4.79 Å². The number of hydrogen-bond donors (Lipinski definition) is 3. The van der Waals surface area contributed by atoms with Gasteiger partial charge in [-0.05, 0) is 24.6 Å². The monoisotopic (exact) mass is 344 g/mol. The maximum absolute atomic E-state index is 11.3. The lowest BCUT2D eigenvalue weighted by Crippen LogP contribution is -2.38. The lowest BCUT2D eigenvalue weighted by atomic mass is 10.3. The average Bonchev–Trinajstić information content (AvgIpc) is 2.40. The Hall–Kier alpha value is -1.76. The van der Waals surface area contributed by atoms with Gasteiger partial charge in [-0.2, -0.15) is 0 Å². The fourth-order valence-corrected chi connectivity index (χ4v) is 1.77. The molecule has 0 unspecified atom stereocenters. The normalized spacial score (nSPS) is 9.85. The summed E-state index contributed by atoms with van der Waals surface area (Å²) >= 11 is 3.34. The number of benzene rings is 1. The van der Waals surface area contributed by atoms with Crippen molar-refractivity contribution >= 4 is 27.9 Å². The van der Waals surface area contributed by atoms with Gasteiger partial charge in [-0.3, -0.25) is 4.79 Å². The zero-order valence-electron chi connectivity index (χ0n) is 10.9. The van der Waals surface area contributed by atoms with Gasteiger partial charge >= 0.3 is 12.0 Å². The van der Waals surface area contributed by atoms with Gasteiger partial charge in [0, 0.05) is 17.4 Å². The van der Waals surface area contributed by atoms with Crippen LogP contribution in [-0.4, -0.2) is 36.8 Å². The molecule has 0 bridgehead atoms. The molecule has 2 amide bonds. The number of carboxylic acid groups (broad SMARTS) is 1. The first-order chi connectivity index (χ1) is 9.58. The van der Waals surface area contributed by atoms with Crippen molar-refractivity contribution in [2.24, 2.45) is 0 Å². The van der Waals surface area contributed by atoms with Crippen molar-refractivity contribution in [1.29, 1.82) is 0 Å². The van der Waals surface area contributed by atoms with Gasteiger partial charge in [-0.25, -0.2) is 4.79 Å². The summed E-state index contributed by atoms with van der Waals surface area (Å²) < 4.78 is 6.37. The van der Waals surface area contributed by atoms with E-state index in [0.717, 1.165) is 10.2 Å². The Morgan fingerprint density at radius 1 is 1.25 bits per heavy atom. The van der Waals surface area contributed by atoms with Gasteiger partial charge in [-0.1, -0.05) is 22.0 Å². The molecule has 1 aromatic rings. The van der Waals surface area contributed by atoms with Gasteiger partial charge in [0.25, 0.3) is 0 Å². The van der Waals surface area contributed by atoms with Gasteiger partial charge in [0.15, 0.2) is 0 Å². The topological polar surface area (TPSA) is 87.7 Å². The maximum Gasteiger partial charge on any atom is 0.314 e. The number of nitrogens with one attached hydrogen (secondary N) is 2. The summed E-state index contributed by atoms with van der Waals surface area (Å²) in [6, 6.07) is 7.11. The van der Waals surface area contributed by atoms with Gasteiger partial charge < -0.3 is 20.5 Å². The van der Waals surface area contributed by atoms with E-state index >= 15 is 0 Å². The molecule has 0 aliphatic heterocycles. The zero-order valence-corrected chi connectivity index (χ0v) is 12.5. The Morgan fingerprint density at radius 3 is 2.70 bits per heavy atom. The molecule has 0 spiro atoms. The van der Waals surface area contributed by atoms with Crippen LogP contribution in [0.3, 0.4) is 0 Å². The molecule has 0 fully saturated rings. The first-order valence-corrected chi connectivity index (χ1v) is 6.99. The highest BCUT2D eigenvalue weighted by atomic mass is 79.9. The van der Waals surface area contributed by atoms with Crippen LogP contribution >= 0.6 is 15.9 Å². The Bertz CT molecular complexity index is 454. The highest BCUT2D eigenvalue weighted by Crippen LogP contribution is 2.17. The number of amides is 2. The van der Waals surface area contributed by atoms with Crippen LogP contribution in [0.1, 0.15) is 12.8 Å². The average molecular weight is 345 g/mol. The Labute approximate surface area is 125 Å². The second kappa shape index (κ2) is 9.19. The molecule has 0 heterocycles. The highest BCUT2D eigenvalue weighted by Gasteiger charge is 2.01. The largest absolute Gasteiger partial charge is 0.492 e. The van der Waals surface area contributed by atoms with Crippen molar-refractivity contribution in [2.45, 2.75) is 12.8 Å². The second-order valence-corrected chi connectivity index (χ2v) is 4.90. The van der Waals surface area contributed by atoms with Gasteiger partial charge in [0.2, 0.25) is 0 Å². The fraction of sp³-hybridized carbons (Fsp3) is 0.385. The number of carboxylic acids is 1. The molecule has 0 aliphatic rings. The molecule has 1 aromatic carbocycles. The Kier molecular flexibility index (Phi) is 7.49. The van der Waals surface area contributed by atoms with E-state index in [-0.39, 0.29) is 12.5 Å². The van der Waals surface area contributed by atoms with Crippen LogP contribution in [0.25, 0.3) is 0 Å². The molecular weight excluding hydrogens is 328 g/mol. The zero-order chi connectivity index (χ0) is 14.8. The quantitative estimate of drug-likeness (QED) is 0.629. The summed E-state index contributed by atoms with van der Waals surface area (Å²) in [5.41, 5.74) is 0. The molecule has 20 heavy (non-hydrogen) atoms. The van der Waals surface area contributed by atoms with Crippen LogP contribution in [0.2, 0.25) is 0 Å².